The summed E-state index contributed by atoms with van der Waals surface area (Å²) >= 11 is 6.13. The Morgan fingerprint density at radius 2 is 2.00 bits per heavy atom. The van der Waals surface area contributed by atoms with Crippen LogP contribution in [0.3, 0.4) is 0 Å². The number of benzene rings is 1. The van der Waals surface area contributed by atoms with Crippen molar-refractivity contribution >= 4 is 11.6 Å². The van der Waals surface area contributed by atoms with Gasteiger partial charge in [-0.05, 0) is 36.5 Å². The third-order valence-electron chi connectivity index (χ3n) is 2.85. The lowest BCUT2D eigenvalue weighted by atomic mass is 9.84. The Kier molecular flexibility index (Phi) is 2.90. The monoisotopic (exact) mass is 193 g/mol. The summed E-state index contributed by atoms with van der Waals surface area (Å²) in [4.78, 5) is 0. The second-order valence-corrected chi connectivity index (χ2v) is 4.17. The molecule has 0 aliphatic heterocycles. The summed E-state index contributed by atoms with van der Waals surface area (Å²) < 4.78 is 0. The maximum absolute atomic E-state index is 6.13. The Morgan fingerprint density at radius 1 is 1.23 bits per heavy atom. The third-order valence-corrected chi connectivity index (χ3v) is 3.18. The highest BCUT2D eigenvalue weighted by atomic mass is 35.5. The molecule has 1 radical (unpaired) electrons. The first kappa shape index (κ1) is 9.08. The topological polar surface area (TPSA) is 0 Å². The highest BCUT2D eigenvalue weighted by molar-refractivity contribution is 6.31. The first-order chi connectivity index (χ1) is 6.38. The van der Waals surface area contributed by atoms with Crippen molar-refractivity contribution < 1.29 is 0 Å². The van der Waals surface area contributed by atoms with Crippen LogP contribution in [0.2, 0.25) is 5.02 Å². The highest BCUT2D eigenvalue weighted by Gasteiger charge is 2.17. The van der Waals surface area contributed by atoms with Gasteiger partial charge in [0.15, 0.2) is 0 Å². The molecule has 0 saturated heterocycles. The number of hydrogen-bond acceptors (Lipinski definition) is 0. The van der Waals surface area contributed by atoms with Crippen molar-refractivity contribution in [3.8, 4) is 0 Å². The second kappa shape index (κ2) is 4.15. The van der Waals surface area contributed by atoms with E-state index >= 15 is 0 Å². The summed E-state index contributed by atoms with van der Waals surface area (Å²) in [5.74, 6) is 0.669. The summed E-state index contributed by atoms with van der Waals surface area (Å²) in [6, 6.07) is 9.17. The minimum absolute atomic E-state index is 0.669. The smallest absolute Gasteiger partial charge is 0.0447 e. The first-order valence-electron chi connectivity index (χ1n) is 5.04. The lowest BCUT2D eigenvalue weighted by molar-refractivity contribution is 0.443. The molecule has 1 fully saturated rings. The van der Waals surface area contributed by atoms with Crippen LogP contribution in [0.15, 0.2) is 18.2 Å². The Balaban J connectivity index is 2.18. The summed E-state index contributed by atoms with van der Waals surface area (Å²) in [6.07, 6.45) is 6.68. The Bertz CT molecular complexity index is 274. The molecule has 1 aliphatic carbocycles. The zero-order chi connectivity index (χ0) is 9.10. The van der Waals surface area contributed by atoms with E-state index in [1.807, 2.05) is 18.2 Å². The molecule has 1 heteroatoms. The van der Waals surface area contributed by atoms with Gasteiger partial charge >= 0.3 is 0 Å². The van der Waals surface area contributed by atoms with Crippen molar-refractivity contribution in [2.75, 3.05) is 0 Å². The number of halogens is 1. The van der Waals surface area contributed by atoms with Gasteiger partial charge in [0.25, 0.3) is 0 Å². The van der Waals surface area contributed by atoms with E-state index in [0.717, 1.165) is 5.02 Å². The molecule has 13 heavy (non-hydrogen) atoms. The van der Waals surface area contributed by atoms with E-state index < -0.39 is 0 Å². The zero-order valence-corrected chi connectivity index (χ0v) is 8.48. The number of hydrogen-bond donors (Lipinski definition) is 0. The van der Waals surface area contributed by atoms with Crippen molar-refractivity contribution in [1.29, 1.82) is 0 Å². The van der Waals surface area contributed by atoms with Gasteiger partial charge in [0, 0.05) is 5.02 Å². The molecule has 0 aromatic heterocycles. The fourth-order valence-corrected chi connectivity index (χ4v) is 2.41. The van der Waals surface area contributed by atoms with Crippen molar-refractivity contribution in [2.45, 2.75) is 38.0 Å². The molecule has 0 bridgehead atoms. The van der Waals surface area contributed by atoms with Crippen LogP contribution in [0.1, 0.15) is 43.6 Å². The van der Waals surface area contributed by atoms with Gasteiger partial charge in [-0.15, -0.1) is 0 Å². The summed E-state index contributed by atoms with van der Waals surface area (Å²) in [5, 5.41) is 0.898. The zero-order valence-electron chi connectivity index (χ0n) is 7.72. The van der Waals surface area contributed by atoms with Gasteiger partial charge in [-0.2, -0.15) is 0 Å². The van der Waals surface area contributed by atoms with Crippen molar-refractivity contribution in [3.63, 3.8) is 0 Å². The predicted molar refractivity (Wildman–Crippen MR) is 56.1 cm³/mol. The standard InChI is InChI=1S/C12H14Cl/c13-12-9-5-4-8-11(12)10-6-2-1-3-7-10/h4-5,9-10H,1-3,6-7H2. The highest BCUT2D eigenvalue weighted by Crippen LogP contribution is 2.35. The molecule has 2 rings (SSSR count). The van der Waals surface area contributed by atoms with E-state index in [1.165, 1.54) is 37.7 Å². The molecule has 1 saturated carbocycles. The van der Waals surface area contributed by atoms with Crippen LogP contribution < -0.4 is 0 Å². The molecular formula is C12H14Cl. The van der Waals surface area contributed by atoms with Crippen LogP contribution in [-0.2, 0) is 0 Å². The molecule has 0 heterocycles. The average molecular weight is 194 g/mol. The molecule has 1 aromatic carbocycles. The Hall–Kier alpha value is -0.490. The van der Waals surface area contributed by atoms with Gasteiger partial charge in [0.05, 0.1) is 0 Å². The van der Waals surface area contributed by atoms with E-state index in [-0.39, 0.29) is 0 Å². The van der Waals surface area contributed by atoms with E-state index in [1.54, 1.807) is 0 Å². The molecule has 0 spiro atoms. The van der Waals surface area contributed by atoms with Crippen LogP contribution in [-0.4, -0.2) is 0 Å². The van der Waals surface area contributed by atoms with E-state index in [2.05, 4.69) is 6.07 Å². The van der Waals surface area contributed by atoms with Crippen LogP contribution in [0, 0.1) is 6.07 Å². The van der Waals surface area contributed by atoms with Crippen molar-refractivity contribution in [3.05, 3.63) is 34.9 Å². The molecular weight excluding hydrogens is 180 g/mol. The molecule has 1 aromatic rings. The van der Waals surface area contributed by atoms with Gasteiger partial charge in [0.1, 0.15) is 0 Å². The molecule has 0 unspecified atom stereocenters. The molecule has 0 atom stereocenters. The average Bonchev–Trinajstić information content (AvgIpc) is 2.20. The van der Waals surface area contributed by atoms with Crippen molar-refractivity contribution in [1.82, 2.24) is 0 Å². The lowest BCUT2D eigenvalue weighted by Crippen LogP contribution is -2.04. The molecule has 1 aliphatic rings. The SMILES string of the molecule is Clc1ccc[c]c1C1CCCCC1. The van der Waals surface area contributed by atoms with E-state index in [0.29, 0.717) is 5.92 Å². The van der Waals surface area contributed by atoms with Crippen LogP contribution in [0.5, 0.6) is 0 Å². The fourth-order valence-electron chi connectivity index (χ4n) is 2.13. The number of rotatable bonds is 1. The largest absolute Gasteiger partial charge is 0.0840 e. The summed E-state index contributed by atoms with van der Waals surface area (Å²) in [6.45, 7) is 0. The van der Waals surface area contributed by atoms with Gasteiger partial charge < -0.3 is 0 Å². The maximum atomic E-state index is 6.13. The minimum atomic E-state index is 0.669. The quantitative estimate of drug-likeness (QED) is 0.628. The summed E-state index contributed by atoms with van der Waals surface area (Å²) in [5.41, 5.74) is 1.24. The normalized spacial score (nSPS) is 18.8. The molecule has 69 valence electrons. The second-order valence-electron chi connectivity index (χ2n) is 3.77. The Morgan fingerprint density at radius 3 is 2.69 bits per heavy atom. The van der Waals surface area contributed by atoms with Crippen LogP contribution >= 0.6 is 11.6 Å². The lowest BCUT2D eigenvalue weighted by Gasteiger charge is -2.22. The third kappa shape index (κ3) is 2.05. The van der Waals surface area contributed by atoms with Gasteiger partial charge in [0.2, 0.25) is 0 Å². The van der Waals surface area contributed by atoms with E-state index in [9.17, 15) is 0 Å². The minimum Gasteiger partial charge on any atom is -0.0840 e. The maximum Gasteiger partial charge on any atom is 0.0447 e. The fraction of sp³-hybridized carbons (Fsp3) is 0.500. The van der Waals surface area contributed by atoms with Gasteiger partial charge in [-0.1, -0.05) is 43.0 Å². The van der Waals surface area contributed by atoms with Gasteiger partial charge in [-0.3, -0.25) is 0 Å². The first-order valence-corrected chi connectivity index (χ1v) is 5.42. The van der Waals surface area contributed by atoms with Crippen LogP contribution in [0.25, 0.3) is 0 Å². The molecule has 0 N–H and O–H groups in total. The predicted octanol–water partition coefficient (Wildman–Crippen LogP) is 4.19. The van der Waals surface area contributed by atoms with Gasteiger partial charge in [-0.25, -0.2) is 0 Å². The van der Waals surface area contributed by atoms with Crippen molar-refractivity contribution in [2.24, 2.45) is 0 Å². The molecule has 0 amide bonds. The van der Waals surface area contributed by atoms with Crippen LogP contribution in [0.4, 0.5) is 0 Å². The van der Waals surface area contributed by atoms with E-state index in [4.69, 9.17) is 11.6 Å². The summed E-state index contributed by atoms with van der Waals surface area (Å²) in [7, 11) is 0. The Labute approximate surface area is 84.9 Å². The molecule has 0 nitrogen and oxygen atoms in total.